The molecule has 0 radical (unpaired) electrons. The average molecular weight is 622 g/mol. The molecule has 1 aliphatic carbocycles. The maximum atomic E-state index is 5.10. The molecule has 0 bridgehead atoms. The Kier molecular flexibility index (Phi) is 7.66. The molecule has 47 heavy (non-hydrogen) atoms. The van der Waals surface area contributed by atoms with Crippen molar-refractivity contribution in [2.24, 2.45) is 5.41 Å². The van der Waals surface area contributed by atoms with E-state index in [-0.39, 0.29) is 27.1 Å². The zero-order valence-corrected chi connectivity index (χ0v) is 30.5. The molecule has 0 saturated heterocycles. The van der Waals surface area contributed by atoms with E-state index in [1.807, 2.05) is 6.20 Å². The first-order chi connectivity index (χ1) is 21.8. The van der Waals surface area contributed by atoms with Gasteiger partial charge in [-0.1, -0.05) is 144 Å². The van der Waals surface area contributed by atoms with Gasteiger partial charge in [0.05, 0.1) is 17.1 Å². The smallest absolute Gasteiger partial charge is 0.161 e. The van der Waals surface area contributed by atoms with Crippen molar-refractivity contribution >= 4 is 0 Å². The van der Waals surface area contributed by atoms with Crippen molar-refractivity contribution in [3.8, 4) is 45.2 Å². The van der Waals surface area contributed by atoms with Gasteiger partial charge in [0.25, 0.3) is 0 Å². The summed E-state index contributed by atoms with van der Waals surface area (Å²) in [6.07, 6.45) is 1.93. The molecule has 0 N–H and O–H groups in total. The van der Waals surface area contributed by atoms with Crippen molar-refractivity contribution < 1.29 is 0 Å². The Morgan fingerprint density at radius 3 is 1.34 bits per heavy atom. The zero-order valence-electron chi connectivity index (χ0n) is 30.5. The molecular weight excluding hydrogens is 571 g/mol. The summed E-state index contributed by atoms with van der Waals surface area (Å²) in [7, 11) is 0. The third-order valence-electron chi connectivity index (χ3n) is 11.6. The predicted octanol–water partition coefficient (Wildman–Crippen LogP) is 11.7. The fourth-order valence-corrected chi connectivity index (χ4v) is 7.07. The van der Waals surface area contributed by atoms with Crippen molar-refractivity contribution in [3.63, 3.8) is 0 Å². The lowest BCUT2D eigenvalue weighted by Gasteiger charge is -2.44. The van der Waals surface area contributed by atoms with Crippen LogP contribution in [0.4, 0.5) is 0 Å². The van der Waals surface area contributed by atoms with Gasteiger partial charge < -0.3 is 0 Å². The van der Waals surface area contributed by atoms with Crippen molar-refractivity contribution in [1.29, 1.82) is 0 Å². The van der Waals surface area contributed by atoms with Crippen molar-refractivity contribution in [3.05, 3.63) is 113 Å². The van der Waals surface area contributed by atoms with Gasteiger partial charge in [-0.25, -0.2) is 9.97 Å². The van der Waals surface area contributed by atoms with E-state index in [0.29, 0.717) is 5.82 Å². The minimum atomic E-state index is 0.0443. The normalized spacial score (nSPS) is 16.6. The fraction of sp³-hybridized carbons (Fsp3) is 0.386. The van der Waals surface area contributed by atoms with E-state index in [1.165, 1.54) is 22.3 Å². The summed E-state index contributed by atoms with van der Waals surface area (Å²) in [5, 5.41) is 0. The second-order valence-electron chi connectivity index (χ2n) is 17.2. The monoisotopic (exact) mass is 621 g/mol. The highest BCUT2D eigenvalue weighted by molar-refractivity contribution is 5.73. The van der Waals surface area contributed by atoms with E-state index in [2.05, 4.69) is 168 Å². The second-order valence-corrected chi connectivity index (χ2v) is 17.2. The SMILES string of the molecule is CC(C)(C)c1ccc(-c2cc(-c3ccc(C(C)(C)C)cc3)nc(-c3ccc(-c4ccc5c(c4)C(C)(C)C(C)(C)C5(C)C)nc3)n2)cc1. The molecule has 5 aromatic rings. The molecule has 2 aromatic heterocycles. The fourth-order valence-electron chi connectivity index (χ4n) is 7.07. The van der Waals surface area contributed by atoms with Gasteiger partial charge in [-0.2, -0.15) is 0 Å². The number of benzene rings is 3. The lowest BCUT2D eigenvalue weighted by Crippen LogP contribution is -2.42. The van der Waals surface area contributed by atoms with Crippen LogP contribution in [0.25, 0.3) is 45.2 Å². The van der Waals surface area contributed by atoms with Crippen LogP contribution in [0.15, 0.2) is 91.1 Å². The topological polar surface area (TPSA) is 38.7 Å². The van der Waals surface area contributed by atoms with Crippen LogP contribution in [0.3, 0.4) is 0 Å². The van der Waals surface area contributed by atoms with Gasteiger partial charge in [-0.15, -0.1) is 0 Å². The van der Waals surface area contributed by atoms with E-state index < -0.39 is 0 Å². The Balaban J connectivity index is 1.40. The summed E-state index contributed by atoms with van der Waals surface area (Å²) in [5.74, 6) is 0.676. The molecule has 242 valence electrons. The summed E-state index contributed by atoms with van der Waals surface area (Å²) < 4.78 is 0. The molecule has 2 heterocycles. The van der Waals surface area contributed by atoms with E-state index >= 15 is 0 Å². The quantitative estimate of drug-likeness (QED) is 0.200. The van der Waals surface area contributed by atoms with Crippen LogP contribution in [0.2, 0.25) is 0 Å². The number of nitrogens with zero attached hydrogens (tertiary/aromatic N) is 3. The number of pyridine rings is 1. The molecule has 3 heteroatoms. The highest BCUT2D eigenvalue weighted by Gasteiger charge is 2.56. The average Bonchev–Trinajstić information content (AvgIpc) is 3.13. The Hall–Kier alpha value is -4.11. The number of hydrogen-bond acceptors (Lipinski definition) is 3. The molecule has 0 fully saturated rings. The molecule has 0 atom stereocenters. The number of aromatic nitrogens is 3. The summed E-state index contributed by atoms with van der Waals surface area (Å²) in [4.78, 5) is 15.2. The molecular formula is C44H51N3. The minimum Gasteiger partial charge on any atom is -0.255 e. The third kappa shape index (κ3) is 5.62. The van der Waals surface area contributed by atoms with Gasteiger partial charge in [0.15, 0.2) is 5.82 Å². The molecule has 3 nitrogen and oxygen atoms in total. The highest BCUT2D eigenvalue weighted by atomic mass is 14.9. The number of rotatable bonds is 4. The summed E-state index contributed by atoms with van der Waals surface area (Å²) >= 11 is 0. The van der Waals surface area contributed by atoms with E-state index in [1.54, 1.807) is 0 Å². The highest BCUT2D eigenvalue weighted by Crippen LogP contribution is 2.61. The molecule has 1 aliphatic rings. The number of fused-ring (bicyclic) bond motifs is 1. The Labute approximate surface area is 283 Å². The summed E-state index contributed by atoms with van der Waals surface area (Å²) in [6.45, 7) is 27.8. The molecule has 0 amide bonds. The maximum Gasteiger partial charge on any atom is 0.161 e. The van der Waals surface area contributed by atoms with E-state index in [0.717, 1.165) is 39.3 Å². The Morgan fingerprint density at radius 2 is 0.894 bits per heavy atom. The van der Waals surface area contributed by atoms with E-state index in [9.17, 15) is 0 Å². The van der Waals surface area contributed by atoms with Crippen LogP contribution in [0.1, 0.15) is 105 Å². The van der Waals surface area contributed by atoms with Crippen LogP contribution in [0, 0.1) is 5.41 Å². The van der Waals surface area contributed by atoms with Gasteiger partial charge >= 0.3 is 0 Å². The first kappa shape index (κ1) is 32.8. The minimum absolute atomic E-state index is 0.0443. The molecule has 0 spiro atoms. The first-order valence-corrected chi connectivity index (χ1v) is 17.0. The van der Waals surface area contributed by atoms with Crippen molar-refractivity contribution in [1.82, 2.24) is 15.0 Å². The molecule has 0 aliphatic heterocycles. The van der Waals surface area contributed by atoms with Crippen LogP contribution < -0.4 is 0 Å². The second kappa shape index (κ2) is 11.0. The third-order valence-corrected chi connectivity index (χ3v) is 11.6. The van der Waals surface area contributed by atoms with Crippen molar-refractivity contribution in [2.45, 2.75) is 105 Å². The maximum absolute atomic E-state index is 5.10. The largest absolute Gasteiger partial charge is 0.255 e. The van der Waals surface area contributed by atoms with E-state index in [4.69, 9.17) is 15.0 Å². The van der Waals surface area contributed by atoms with Crippen LogP contribution in [0.5, 0.6) is 0 Å². The van der Waals surface area contributed by atoms with Crippen LogP contribution in [-0.4, -0.2) is 15.0 Å². The molecule has 6 rings (SSSR count). The first-order valence-electron chi connectivity index (χ1n) is 17.0. The van der Waals surface area contributed by atoms with Gasteiger partial charge in [0.1, 0.15) is 0 Å². The summed E-state index contributed by atoms with van der Waals surface area (Å²) in [5.41, 5.74) is 12.9. The van der Waals surface area contributed by atoms with Gasteiger partial charge in [-0.05, 0) is 73.6 Å². The lowest BCUT2D eigenvalue weighted by molar-refractivity contribution is 0.125. The standard InChI is InChI=1S/C44H51N3/c1-40(2,3)32-19-13-28(14-20-32)37-26-38(29-15-21-33(22-16-29)41(4,5)6)47-39(46-37)31-18-24-36(45-27-31)30-17-23-34-35(25-30)43(9,10)44(11,12)42(34,7)8/h13-27H,1-12H3. The Morgan fingerprint density at radius 1 is 0.447 bits per heavy atom. The predicted molar refractivity (Wildman–Crippen MR) is 199 cm³/mol. The van der Waals surface area contributed by atoms with Crippen LogP contribution in [-0.2, 0) is 21.7 Å². The van der Waals surface area contributed by atoms with Crippen molar-refractivity contribution in [2.75, 3.05) is 0 Å². The summed E-state index contributed by atoms with van der Waals surface area (Å²) in [6, 6.07) is 30.8. The van der Waals surface area contributed by atoms with Gasteiger partial charge in [0, 0.05) is 28.5 Å². The molecule has 0 unspecified atom stereocenters. The zero-order chi connectivity index (χ0) is 34.2. The van der Waals surface area contributed by atoms with Gasteiger partial charge in [-0.3, -0.25) is 4.98 Å². The Bertz CT molecular complexity index is 1850. The molecule has 3 aromatic carbocycles. The molecule has 0 saturated carbocycles. The lowest BCUT2D eigenvalue weighted by atomic mass is 9.59. The number of hydrogen-bond donors (Lipinski definition) is 0. The van der Waals surface area contributed by atoms with Gasteiger partial charge in [0.2, 0.25) is 0 Å². The van der Waals surface area contributed by atoms with Crippen LogP contribution >= 0.6 is 0 Å².